The number of carbonyl (C=O) groups is 2. The van der Waals surface area contributed by atoms with Crippen LogP contribution in [0.15, 0.2) is 24.3 Å². The second-order valence-electron chi connectivity index (χ2n) is 7.80. The number of nitrogens with zero attached hydrogens (tertiary/aromatic N) is 3. The number of amides is 2. The molecule has 1 aromatic rings. The van der Waals surface area contributed by atoms with Crippen molar-refractivity contribution in [2.24, 2.45) is 0 Å². The maximum absolute atomic E-state index is 12.2. The van der Waals surface area contributed by atoms with Crippen molar-refractivity contribution < 1.29 is 9.59 Å². The van der Waals surface area contributed by atoms with Crippen LogP contribution in [0.3, 0.4) is 0 Å². The van der Waals surface area contributed by atoms with Gasteiger partial charge < -0.3 is 20.4 Å². The van der Waals surface area contributed by atoms with Gasteiger partial charge in [0.15, 0.2) is 0 Å². The van der Waals surface area contributed by atoms with Crippen molar-refractivity contribution in [1.29, 1.82) is 0 Å². The highest BCUT2D eigenvalue weighted by Gasteiger charge is 2.28. The van der Waals surface area contributed by atoms with Gasteiger partial charge in [-0.2, -0.15) is 0 Å². The lowest BCUT2D eigenvalue weighted by atomic mass is 10.0. The van der Waals surface area contributed by atoms with E-state index in [9.17, 15) is 9.59 Å². The first kappa shape index (κ1) is 19.6. The molecular formula is C20H31N5O2. The predicted molar refractivity (Wildman–Crippen MR) is 107 cm³/mol. The van der Waals surface area contributed by atoms with Crippen LogP contribution >= 0.6 is 0 Å². The largest absolute Gasteiger partial charge is 0.378 e. The van der Waals surface area contributed by atoms with E-state index in [1.165, 1.54) is 0 Å². The van der Waals surface area contributed by atoms with Gasteiger partial charge in [-0.15, -0.1) is 0 Å². The van der Waals surface area contributed by atoms with Crippen LogP contribution in [-0.4, -0.2) is 81.5 Å². The molecule has 0 spiro atoms. The molecule has 1 atom stereocenters. The van der Waals surface area contributed by atoms with E-state index in [2.05, 4.69) is 56.6 Å². The van der Waals surface area contributed by atoms with Gasteiger partial charge in [0.25, 0.3) is 0 Å². The summed E-state index contributed by atoms with van der Waals surface area (Å²) in [5.41, 5.74) is 2.30. The number of hydrogen-bond acceptors (Lipinski definition) is 5. The molecule has 2 aliphatic rings. The molecule has 1 saturated heterocycles. The Balaban J connectivity index is 1.67. The Morgan fingerprint density at radius 1 is 1.07 bits per heavy atom. The quantitative estimate of drug-likeness (QED) is 0.708. The van der Waals surface area contributed by atoms with Crippen LogP contribution < -0.4 is 15.5 Å². The van der Waals surface area contributed by atoms with Gasteiger partial charge in [-0.1, -0.05) is 12.1 Å². The SMILES string of the molecule is CN1CCN(C(CNC(=O)C(=O)NC2CC2)c2ccc(N(C)C)cc2)CC1. The smallest absolute Gasteiger partial charge is 0.309 e. The van der Waals surface area contributed by atoms with E-state index in [0.717, 1.165) is 50.3 Å². The number of benzene rings is 1. The van der Waals surface area contributed by atoms with E-state index < -0.39 is 11.8 Å². The third kappa shape index (κ3) is 5.43. The molecule has 1 unspecified atom stereocenters. The van der Waals surface area contributed by atoms with Crippen LogP contribution in [0.25, 0.3) is 0 Å². The summed E-state index contributed by atoms with van der Waals surface area (Å²) in [7, 11) is 6.17. The molecule has 2 amide bonds. The van der Waals surface area contributed by atoms with Crippen molar-refractivity contribution in [3.63, 3.8) is 0 Å². The molecule has 1 saturated carbocycles. The molecule has 7 nitrogen and oxygen atoms in total. The molecule has 3 rings (SSSR count). The van der Waals surface area contributed by atoms with Gasteiger partial charge in [-0.05, 0) is 37.6 Å². The van der Waals surface area contributed by atoms with Crippen LogP contribution in [0.1, 0.15) is 24.4 Å². The lowest BCUT2D eigenvalue weighted by Crippen LogP contribution is -2.49. The number of rotatable bonds is 6. The van der Waals surface area contributed by atoms with Crippen LogP contribution in [0.2, 0.25) is 0 Å². The monoisotopic (exact) mass is 373 g/mol. The van der Waals surface area contributed by atoms with Gasteiger partial charge in [0.2, 0.25) is 0 Å². The summed E-state index contributed by atoms with van der Waals surface area (Å²) in [6.45, 7) is 4.33. The first-order valence-corrected chi connectivity index (χ1v) is 9.72. The molecular weight excluding hydrogens is 342 g/mol. The molecule has 7 heteroatoms. The average Bonchev–Trinajstić information content (AvgIpc) is 3.47. The average molecular weight is 374 g/mol. The topological polar surface area (TPSA) is 67.9 Å². The number of carbonyl (C=O) groups excluding carboxylic acids is 2. The molecule has 0 aromatic heterocycles. The third-order valence-electron chi connectivity index (χ3n) is 5.35. The van der Waals surface area contributed by atoms with Gasteiger partial charge in [0.1, 0.15) is 0 Å². The van der Waals surface area contributed by atoms with Gasteiger partial charge in [0, 0.05) is 58.5 Å². The molecule has 1 aliphatic carbocycles. The maximum Gasteiger partial charge on any atom is 0.309 e. The Morgan fingerprint density at radius 2 is 1.70 bits per heavy atom. The van der Waals surface area contributed by atoms with E-state index in [4.69, 9.17) is 0 Å². The first-order chi connectivity index (χ1) is 12.9. The van der Waals surface area contributed by atoms with Crippen molar-refractivity contribution in [1.82, 2.24) is 20.4 Å². The molecule has 2 N–H and O–H groups in total. The molecule has 2 fully saturated rings. The standard InChI is InChI=1S/C20H31N5O2/c1-23(2)17-8-4-15(5-9-17)18(25-12-10-24(3)11-13-25)14-21-19(26)20(27)22-16-6-7-16/h4-5,8-9,16,18H,6-7,10-14H2,1-3H3,(H,21,26)(H,22,27). The molecule has 1 aromatic carbocycles. The Bertz CT molecular complexity index is 649. The summed E-state index contributed by atoms with van der Waals surface area (Å²) in [6, 6.07) is 8.69. The zero-order chi connectivity index (χ0) is 19.4. The lowest BCUT2D eigenvalue weighted by Gasteiger charge is -2.38. The highest BCUT2D eigenvalue weighted by molar-refractivity contribution is 6.35. The van der Waals surface area contributed by atoms with Crippen molar-refractivity contribution in [3.8, 4) is 0 Å². The van der Waals surface area contributed by atoms with E-state index in [1.807, 2.05) is 14.1 Å². The van der Waals surface area contributed by atoms with Gasteiger partial charge in [0.05, 0.1) is 6.04 Å². The number of anilines is 1. The summed E-state index contributed by atoms with van der Waals surface area (Å²) in [5, 5.41) is 5.59. The summed E-state index contributed by atoms with van der Waals surface area (Å²) in [4.78, 5) is 30.9. The fourth-order valence-electron chi connectivity index (χ4n) is 3.33. The van der Waals surface area contributed by atoms with E-state index in [1.54, 1.807) is 0 Å². The second-order valence-corrected chi connectivity index (χ2v) is 7.80. The summed E-state index contributed by atoms with van der Waals surface area (Å²) in [6.07, 6.45) is 1.95. The van der Waals surface area contributed by atoms with E-state index in [-0.39, 0.29) is 12.1 Å². The normalized spacial score (nSPS) is 19.4. The van der Waals surface area contributed by atoms with E-state index >= 15 is 0 Å². The lowest BCUT2D eigenvalue weighted by molar-refractivity contribution is -0.139. The zero-order valence-corrected chi connectivity index (χ0v) is 16.6. The molecule has 0 bridgehead atoms. The molecule has 148 valence electrons. The van der Waals surface area contributed by atoms with Crippen molar-refractivity contribution in [2.75, 3.05) is 58.8 Å². The van der Waals surface area contributed by atoms with Gasteiger partial charge in [-0.3, -0.25) is 14.5 Å². The van der Waals surface area contributed by atoms with Crippen molar-refractivity contribution >= 4 is 17.5 Å². The summed E-state index contributed by atoms with van der Waals surface area (Å²) < 4.78 is 0. The minimum absolute atomic E-state index is 0.0626. The Hall–Kier alpha value is -2.12. The Morgan fingerprint density at radius 3 is 2.26 bits per heavy atom. The Kier molecular flexibility index (Phi) is 6.34. The predicted octanol–water partition coefficient (Wildman–Crippen LogP) is 0.436. The fraction of sp³-hybridized carbons (Fsp3) is 0.600. The molecule has 1 heterocycles. The number of piperazine rings is 1. The minimum atomic E-state index is -0.536. The number of hydrogen-bond donors (Lipinski definition) is 2. The van der Waals surface area contributed by atoms with Crippen LogP contribution in [-0.2, 0) is 9.59 Å². The highest BCUT2D eigenvalue weighted by Crippen LogP contribution is 2.24. The van der Waals surface area contributed by atoms with Crippen molar-refractivity contribution in [3.05, 3.63) is 29.8 Å². The van der Waals surface area contributed by atoms with Crippen LogP contribution in [0.5, 0.6) is 0 Å². The minimum Gasteiger partial charge on any atom is -0.378 e. The zero-order valence-electron chi connectivity index (χ0n) is 16.6. The number of likely N-dealkylation sites (N-methyl/N-ethyl adjacent to an activating group) is 1. The van der Waals surface area contributed by atoms with Gasteiger partial charge in [-0.25, -0.2) is 0 Å². The van der Waals surface area contributed by atoms with Crippen LogP contribution in [0, 0.1) is 0 Å². The maximum atomic E-state index is 12.2. The fourth-order valence-corrected chi connectivity index (χ4v) is 3.33. The highest BCUT2D eigenvalue weighted by atomic mass is 16.2. The van der Waals surface area contributed by atoms with Crippen molar-refractivity contribution in [2.45, 2.75) is 24.9 Å². The third-order valence-corrected chi connectivity index (χ3v) is 5.35. The summed E-state index contributed by atoms with van der Waals surface area (Å²) >= 11 is 0. The first-order valence-electron chi connectivity index (χ1n) is 9.72. The molecule has 1 aliphatic heterocycles. The second kappa shape index (κ2) is 8.71. The van der Waals surface area contributed by atoms with E-state index in [0.29, 0.717) is 6.54 Å². The summed E-state index contributed by atoms with van der Waals surface area (Å²) in [5.74, 6) is -1.05. The molecule has 0 radical (unpaired) electrons. The molecule has 27 heavy (non-hydrogen) atoms. The van der Waals surface area contributed by atoms with Gasteiger partial charge >= 0.3 is 11.8 Å². The Labute approximate surface area is 161 Å². The number of nitrogens with one attached hydrogen (secondary N) is 2. The van der Waals surface area contributed by atoms with Crippen LogP contribution in [0.4, 0.5) is 5.69 Å².